The van der Waals surface area contributed by atoms with Gasteiger partial charge in [-0.25, -0.2) is 9.07 Å². The third-order valence-corrected chi connectivity index (χ3v) is 5.59. The summed E-state index contributed by atoms with van der Waals surface area (Å²) in [7, 11) is 0. The maximum atomic E-state index is 13.3. The number of halogens is 1. The highest BCUT2D eigenvalue weighted by atomic mass is 19.1. The van der Waals surface area contributed by atoms with Gasteiger partial charge in [0.1, 0.15) is 11.6 Å². The average molecular weight is 361 g/mol. The highest BCUT2D eigenvalue weighted by Crippen LogP contribution is 2.39. The Morgan fingerprint density at radius 1 is 1.19 bits per heavy atom. The first-order valence-corrected chi connectivity index (χ1v) is 9.27. The molecule has 0 atom stereocenters. The first-order valence-electron chi connectivity index (χ1n) is 9.27. The summed E-state index contributed by atoms with van der Waals surface area (Å²) >= 11 is 0. The van der Waals surface area contributed by atoms with Gasteiger partial charge in [-0.05, 0) is 55.2 Å². The zero-order chi connectivity index (χ0) is 19.0. The molecule has 1 fully saturated rings. The van der Waals surface area contributed by atoms with Crippen LogP contribution in [0.2, 0.25) is 0 Å². The number of rotatable bonds is 3. The normalized spacial score (nSPS) is 16.4. The van der Waals surface area contributed by atoms with Crippen LogP contribution in [0.1, 0.15) is 43.9 Å². The lowest BCUT2D eigenvalue weighted by molar-refractivity contribution is -0.120. The van der Waals surface area contributed by atoms with Crippen LogP contribution >= 0.6 is 0 Å². The van der Waals surface area contributed by atoms with Crippen LogP contribution in [0.15, 0.2) is 42.5 Å². The Labute approximate surface area is 157 Å². The van der Waals surface area contributed by atoms with Gasteiger partial charge in [-0.3, -0.25) is 4.79 Å². The first kappa shape index (κ1) is 17.4. The molecule has 1 aliphatic carbocycles. The fourth-order valence-electron chi connectivity index (χ4n) is 3.94. The van der Waals surface area contributed by atoms with Crippen LogP contribution in [0.3, 0.4) is 0 Å². The number of Topliss-reactive ketones (excluding diaryl/α,β-unsaturated/α-hetero) is 1. The number of hydrogen-bond acceptors (Lipinski definition) is 3. The number of aryl methyl sites for hydroxylation is 1. The minimum absolute atomic E-state index is 0.228. The highest BCUT2D eigenvalue weighted by molar-refractivity contribution is 5.85. The summed E-state index contributed by atoms with van der Waals surface area (Å²) in [5.74, 6) is -0.0616. The zero-order valence-corrected chi connectivity index (χ0v) is 15.2. The molecule has 1 aromatic heterocycles. The molecular formula is C22H20FN3O. The highest BCUT2D eigenvalue weighted by Gasteiger charge is 2.37. The molecule has 4 nitrogen and oxygen atoms in total. The van der Waals surface area contributed by atoms with Crippen molar-refractivity contribution < 1.29 is 9.18 Å². The van der Waals surface area contributed by atoms with Crippen molar-refractivity contribution in [1.82, 2.24) is 9.78 Å². The van der Waals surface area contributed by atoms with Crippen LogP contribution < -0.4 is 0 Å². The molecule has 0 radical (unpaired) electrons. The minimum atomic E-state index is -0.633. The molecule has 5 heteroatoms. The second kappa shape index (κ2) is 6.62. The van der Waals surface area contributed by atoms with E-state index >= 15 is 0 Å². The monoisotopic (exact) mass is 361 g/mol. The van der Waals surface area contributed by atoms with E-state index in [0.29, 0.717) is 25.7 Å². The van der Waals surface area contributed by atoms with E-state index in [1.807, 2.05) is 29.8 Å². The summed E-state index contributed by atoms with van der Waals surface area (Å²) in [4.78, 5) is 11.7. The van der Waals surface area contributed by atoms with E-state index in [-0.39, 0.29) is 11.6 Å². The number of carbonyl (C=O) groups is 1. The summed E-state index contributed by atoms with van der Waals surface area (Å²) < 4.78 is 15.1. The van der Waals surface area contributed by atoms with Crippen LogP contribution in [0.25, 0.3) is 16.6 Å². The molecule has 27 heavy (non-hydrogen) atoms. The van der Waals surface area contributed by atoms with Gasteiger partial charge < -0.3 is 0 Å². The van der Waals surface area contributed by atoms with Crippen LogP contribution in [-0.2, 0) is 16.6 Å². The average Bonchev–Trinajstić information content (AvgIpc) is 3.07. The molecule has 0 amide bonds. The van der Waals surface area contributed by atoms with Gasteiger partial charge in [-0.15, -0.1) is 0 Å². The smallest absolute Gasteiger partial charge is 0.133 e. The van der Waals surface area contributed by atoms with E-state index in [9.17, 15) is 14.4 Å². The number of fused-ring (bicyclic) bond motifs is 1. The van der Waals surface area contributed by atoms with Gasteiger partial charge >= 0.3 is 0 Å². The minimum Gasteiger partial charge on any atom is -0.300 e. The molecule has 0 saturated heterocycles. The van der Waals surface area contributed by atoms with E-state index < -0.39 is 5.41 Å². The van der Waals surface area contributed by atoms with Crippen LogP contribution in [0, 0.1) is 17.1 Å². The van der Waals surface area contributed by atoms with Gasteiger partial charge in [0.2, 0.25) is 0 Å². The molecule has 136 valence electrons. The lowest BCUT2D eigenvalue weighted by atomic mass is 9.70. The lowest BCUT2D eigenvalue weighted by Gasteiger charge is -2.30. The van der Waals surface area contributed by atoms with Crippen molar-refractivity contribution >= 4 is 16.7 Å². The number of hydrogen-bond donors (Lipinski definition) is 0. The second-order valence-corrected chi connectivity index (χ2v) is 7.15. The Bertz CT molecular complexity index is 1050. The Morgan fingerprint density at radius 2 is 1.89 bits per heavy atom. The van der Waals surface area contributed by atoms with Crippen LogP contribution in [0.5, 0.6) is 0 Å². The van der Waals surface area contributed by atoms with Crippen molar-refractivity contribution in [1.29, 1.82) is 5.26 Å². The summed E-state index contributed by atoms with van der Waals surface area (Å²) in [5, 5.41) is 15.6. The molecule has 0 aliphatic heterocycles. The molecule has 0 unspecified atom stereocenters. The molecule has 3 aromatic rings. The fourth-order valence-corrected chi connectivity index (χ4v) is 3.94. The van der Waals surface area contributed by atoms with Gasteiger partial charge in [-0.2, -0.15) is 10.4 Å². The zero-order valence-electron chi connectivity index (χ0n) is 15.2. The first-order chi connectivity index (χ1) is 13.1. The fraction of sp³-hybridized carbons (Fsp3) is 0.318. The predicted octanol–water partition coefficient (Wildman–Crippen LogP) is 4.63. The third kappa shape index (κ3) is 2.91. The Balaban J connectivity index is 1.88. The van der Waals surface area contributed by atoms with Gasteiger partial charge in [0.15, 0.2) is 0 Å². The van der Waals surface area contributed by atoms with Crippen molar-refractivity contribution in [2.75, 3.05) is 0 Å². The van der Waals surface area contributed by atoms with E-state index in [2.05, 4.69) is 6.07 Å². The number of carbonyl (C=O) groups excluding carboxylic acids is 1. The van der Waals surface area contributed by atoms with Crippen molar-refractivity contribution in [2.24, 2.45) is 0 Å². The van der Waals surface area contributed by atoms with E-state index in [0.717, 1.165) is 34.3 Å². The maximum absolute atomic E-state index is 13.3. The number of ketones is 1. The largest absolute Gasteiger partial charge is 0.300 e. The molecule has 1 heterocycles. The molecule has 4 rings (SSSR count). The molecule has 1 aliphatic rings. The Morgan fingerprint density at radius 3 is 2.52 bits per heavy atom. The van der Waals surface area contributed by atoms with Crippen LogP contribution in [-0.4, -0.2) is 15.6 Å². The molecule has 1 saturated carbocycles. The summed E-state index contributed by atoms with van der Waals surface area (Å²) in [6, 6.07) is 14.7. The number of aromatic nitrogens is 2. The maximum Gasteiger partial charge on any atom is 0.133 e. The van der Waals surface area contributed by atoms with Crippen molar-refractivity contribution in [3.63, 3.8) is 0 Å². The molecule has 0 bridgehead atoms. The third-order valence-electron chi connectivity index (χ3n) is 5.59. The van der Waals surface area contributed by atoms with Gasteiger partial charge in [-0.1, -0.05) is 19.1 Å². The predicted molar refractivity (Wildman–Crippen MR) is 101 cm³/mol. The van der Waals surface area contributed by atoms with Gasteiger partial charge in [0.05, 0.1) is 28.4 Å². The number of benzene rings is 2. The van der Waals surface area contributed by atoms with Crippen LogP contribution in [0.4, 0.5) is 4.39 Å². The quantitative estimate of drug-likeness (QED) is 0.683. The van der Waals surface area contributed by atoms with Crippen molar-refractivity contribution in [2.45, 2.75) is 44.4 Å². The van der Waals surface area contributed by atoms with Gasteiger partial charge in [0.25, 0.3) is 0 Å². The Kier molecular flexibility index (Phi) is 4.27. The SMILES string of the molecule is CCc1nn(-c2ccc(F)cc2)c2cc(C3(C#N)CCC(=O)CC3)ccc12. The van der Waals surface area contributed by atoms with E-state index in [4.69, 9.17) is 5.10 Å². The summed E-state index contributed by atoms with van der Waals surface area (Å²) in [6.07, 6.45) is 2.78. The van der Waals surface area contributed by atoms with E-state index in [1.165, 1.54) is 12.1 Å². The van der Waals surface area contributed by atoms with Crippen molar-refractivity contribution in [3.05, 3.63) is 59.5 Å². The summed E-state index contributed by atoms with van der Waals surface area (Å²) in [5.41, 5.74) is 2.94. The Hall–Kier alpha value is -3.00. The lowest BCUT2D eigenvalue weighted by Crippen LogP contribution is -2.30. The molecular weight excluding hydrogens is 341 g/mol. The van der Waals surface area contributed by atoms with Crippen molar-refractivity contribution in [3.8, 4) is 11.8 Å². The second-order valence-electron chi connectivity index (χ2n) is 7.15. The molecule has 0 N–H and O–H groups in total. The molecule has 0 spiro atoms. The standard InChI is InChI=1S/C22H20FN3O/c1-2-20-19-8-3-15(22(14-24)11-9-18(27)10-12-22)13-21(19)26(25-20)17-6-4-16(23)5-7-17/h3-8,13H,2,9-12H2,1H3. The summed E-state index contributed by atoms with van der Waals surface area (Å²) in [6.45, 7) is 2.05. The van der Waals surface area contributed by atoms with E-state index in [1.54, 1.807) is 12.1 Å². The number of nitrogens with zero attached hydrogens (tertiary/aromatic N) is 3. The molecule has 2 aromatic carbocycles. The van der Waals surface area contributed by atoms with Gasteiger partial charge in [0, 0.05) is 18.2 Å². The topological polar surface area (TPSA) is 58.7 Å². The number of nitriles is 1.